The van der Waals surface area contributed by atoms with Gasteiger partial charge < -0.3 is 9.47 Å². The number of hydrogen-bond acceptors (Lipinski definition) is 5. The molecule has 0 bridgehead atoms. The fraction of sp³-hybridized carbons (Fsp3) is 0.263. The van der Waals surface area contributed by atoms with Gasteiger partial charge in [-0.15, -0.1) is 10.2 Å². The molecule has 0 fully saturated rings. The summed E-state index contributed by atoms with van der Waals surface area (Å²) in [6.45, 7) is 4.73. The van der Waals surface area contributed by atoms with Crippen LogP contribution in [0.1, 0.15) is 11.1 Å². The van der Waals surface area contributed by atoms with Gasteiger partial charge in [0.05, 0.1) is 19.4 Å². The highest BCUT2D eigenvalue weighted by Crippen LogP contribution is 2.27. The first-order valence-electron chi connectivity index (χ1n) is 8.06. The van der Waals surface area contributed by atoms with E-state index < -0.39 is 0 Å². The zero-order valence-corrected chi connectivity index (χ0v) is 15.4. The molecule has 0 saturated heterocycles. The summed E-state index contributed by atoms with van der Waals surface area (Å²) >= 11 is 1.61. The van der Waals surface area contributed by atoms with Crippen LogP contribution in [0.3, 0.4) is 0 Å². The van der Waals surface area contributed by atoms with Crippen LogP contribution in [-0.4, -0.2) is 34.2 Å². The molecule has 130 valence electrons. The van der Waals surface area contributed by atoms with Crippen molar-refractivity contribution in [3.05, 3.63) is 59.9 Å². The lowest BCUT2D eigenvalue weighted by molar-refractivity contribution is 0.339. The summed E-state index contributed by atoms with van der Waals surface area (Å²) in [4.78, 5) is 0. The minimum Gasteiger partial charge on any atom is -0.495 e. The summed E-state index contributed by atoms with van der Waals surface area (Å²) in [5.74, 6) is 2.53. The molecule has 1 aromatic heterocycles. The highest BCUT2D eigenvalue weighted by atomic mass is 32.2. The third-order valence-corrected chi connectivity index (χ3v) is 4.74. The van der Waals surface area contributed by atoms with Crippen LogP contribution in [-0.2, 0) is 0 Å². The van der Waals surface area contributed by atoms with Gasteiger partial charge in [-0.3, -0.25) is 4.57 Å². The molecule has 0 aliphatic heterocycles. The number of aryl methyl sites for hydroxylation is 2. The van der Waals surface area contributed by atoms with E-state index in [1.165, 1.54) is 0 Å². The van der Waals surface area contributed by atoms with Gasteiger partial charge in [0.15, 0.2) is 5.16 Å². The molecule has 5 nitrogen and oxygen atoms in total. The Morgan fingerprint density at radius 1 is 1.04 bits per heavy atom. The molecule has 25 heavy (non-hydrogen) atoms. The summed E-state index contributed by atoms with van der Waals surface area (Å²) in [7, 11) is 1.66. The molecule has 0 unspecified atom stereocenters. The van der Waals surface area contributed by atoms with Crippen LogP contribution in [0.2, 0.25) is 0 Å². The topological polar surface area (TPSA) is 49.2 Å². The van der Waals surface area contributed by atoms with Gasteiger partial charge in [0.2, 0.25) is 0 Å². The second-order valence-electron chi connectivity index (χ2n) is 5.57. The van der Waals surface area contributed by atoms with Gasteiger partial charge >= 0.3 is 0 Å². The molecule has 6 heteroatoms. The molecule has 0 atom stereocenters. The molecule has 0 radical (unpaired) electrons. The summed E-state index contributed by atoms with van der Waals surface area (Å²) < 4.78 is 13.3. The molecule has 2 aromatic carbocycles. The van der Waals surface area contributed by atoms with Gasteiger partial charge in [0, 0.05) is 5.75 Å². The third kappa shape index (κ3) is 3.96. The molecule has 1 heterocycles. The van der Waals surface area contributed by atoms with E-state index in [1.54, 1.807) is 25.2 Å². The Balaban J connectivity index is 1.65. The summed E-state index contributed by atoms with van der Waals surface area (Å²) in [5.41, 5.74) is 3.23. The van der Waals surface area contributed by atoms with Crippen molar-refractivity contribution in [3.8, 4) is 17.2 Å². The van der Waals surface area contributed by atoms with E-state index >= 15 is 0 Å². The number of rotatable bonds is 7. The Labute approximate surface area is 152 Å². The Morgan fingerprint density at radius 3 is 2.56 bits per heavy atom. The maximum atomic E-state index is 5.95. The summed E-state index contributed by atoms with van der Waals surface area (Å²) in [6, 6.07) is 14.0. The van der Waals surface area contributed by atoms with Crippen molar-refractivity contribution in [1.82, 2.24) is 14.8 Å². The lowest BCUT2D eigenvalue weighted by Gasteiger charge is -2.12. The van der Waals surface area contributed by atoms with Crippen LogP contribution in [0.4, 0.5) is 0 Å². The predicted molar refractivity (Wildman–Crippen MR) is 100 cm³/mol. The molecule has 0 aliphatic carbocycles. The van der Waals surface area contributed by atoms with E-state index in [4.69, 9.17) is 9.47 Å². The lowest BCUT2D eigenvalue weighted by Crippen LogP contribution is -2.04. The van der Waals surface area contributed by atoms with Crippen molar-refractivity contribution in [1.29, 1.82) is 0 Å². The van der Waals surface area contributed by atoms with E-state index in [-0.39, 0.29) is 0 Å². The SMILES string of the molecule is COc1ccccc1-n1cnnc1SCCOc1c(C)cccc1C. The second kappa shape index (κ2) is 8.07. The van der Waals surface area contributed by atoms with Gasteiger partial charge in [-0.25, -0.2) is 0 Å². The lowest BCUT2D eigenvalue weighted by atomic mass is 10.1. The van der Waals surface area contributed by atoms with E-state index in [9.17, 15) is 0 Å². The number of ether oxygens (including phenoxy) is 2. The Bertz CT molecular complexity index is 828. The third-order valence-electron chi connectivity index (χ3n) is 3.83. The number of methoxy groups -OCH3 is 1. The molecule has 0 aliphatic rings. The first kappa shape index (κ1) is 17.4. The highest BCUT2D eigenvalue weighted by Gasteiger charge is 2.11. The van der Waals surface area contributed by atoms with Crippen LogP contribution >= 0.6 is 11.8 Å². The second-order valence-corrected chi connectivity index (χ2v) is 6.64. The summed E-state index contributed by atoms with van der Waals surface area (Å²) in [5, 5.41) is 9.06. The van der Waals surface area contributed by atoms with Gasteiger partial charge in [0.25, 0.3) is 0 Å². The molecule has 0 saturated carbocycles. The van der Waals surface area contributed by atoms with Crippen molar-refractivity contribution >= 4 is 11.8 Å². The van der Waals surface area contributed by atoms with Gasteiger partial charge in [0.1, 0.15) is 17.8 Å². The van der Waals surface area contributed by atoms with Crippen LogP contribution in [0.25, 0.3) is 5.69 Å². The number of para-hydroxylation sites is 3. The van der Waals surface area contributed by atoms with Crippen LogP contribution in [0, 0.1) is 13.8 Å². The number of nitrogens with zero attached hydrogens (tertiary/aromatic N) is 3. The van der Waals surface area contributed by atoms with Crippen LogP contribution in [0.15, 0.2) is 53.9 Å². The van der Waals surface area contributed by atoms with Gasteiger partial charge in [-0.2, -0.15) is 0 Å². The average Bonchev–Trinajstić information content (AvgIpc) is 3.09. The number of benzene rings is 2. The fourth-order valence-corrected chi connectivity index (χ4v) is 3.36. The molecule has 0 N–H and O–H groups in total. The van der Waals surface area contributed by atoms with Crippen molar-refractivity contribution in [2.75, 3.05) is 19.5 Å². The quantitative estimate of drug-likeness (QED) is 0.472. The van der Waals surface area contributed by atoms with Gasteiger partial charge in [-0.05, 0) is 37.1 Å². The van der Waals surface area contributed by atoms with Crippen molar-refractivity contribution in [3.63, 3.8) is 0 Å². The molecular weight excluding hydrogens is 334 g/mol. The molecule has 0 spiro atoms. The minimum atomic E-state index is 0.606. The largest absolute Gasteiger partial charge is 0.495 e. The van der Waals surface area contributed by atoms with Gasteiger partial charge in [-0.1, -0.05) is 42.1 Å². The van der Waals surface area contributed by atoms with E-state index in [2.05, 4.69) is 36.2 Å². The molecular formula is C19H21N3O2S. The predicted octanol–water partition coefficient (Wildman–Crippen LogP) is 4.06. The molecule has 0 amide bonds. The standard InChI is InChI=1S/C19H21N3O2S/c1-14-7-6-8-15(2)18(14)24-11-12-25-19-21-20-13-22(19)16-9-4-5-10-17(16)23-3/h4-10,13H,11-12H2,1-3H3. The number of aromatic nitrogens is 3. The first-order valence-corrected chi connectivity index (χ1v) is 9.04. The average molecular weight is 355 g/mol. The zero-order chi connectivity index (χ0) is 17.6. The molecule has 3 aromatic rings. The fourth-order valence-electron chi connectivity index (χ4n) is 2.62. The number of thioether (sulfide) groups is 1. The highest BCUT2D eigenvalue weighted by molar-refractivity contribution is 7.99. The first-order chi connectivity index (χ1) is 12.2. The zero-order valence-electron chi connectivity index (χ0n) is 14.6. The smallest absolute Gasteiger partial charge is 0.195 e. The maximum Gasteiger partial charge on any atom is 0.195 e. The Hall–Kier alpha value is -2.47. The Kier molecular flexibility index (Phi) is 5.60. The van der Waals surface area contributed by atoms with E-state index in [1.807, 2.05) is 34.9 Å². The van der Waals surface area contributed by atoms with Crippen molar-refractivity contribution < 1.29 is 9.47 Å². The van der Waals surface area contributed by atoms with Crippen LogP contribution in [0.5, 0.6) is 11.5 Å². The normalized spacial score (nSPS) is 10.7. The van der Waals surface area contributed by atoms with Crippen LogP contribution < -0.4 is 9.47 Å². The van der Waals surface area contributed by atoms with Crippen molar-refractivity contribution in [2.45, 2.75) is 19.0 Å². The van der Waals surface area contributed by atoms with E-state index in [0.717, 1.165) is 39.2 Å². The Morgan fingerprint density at radius 2 is 1.80 bits per heavy atom. The minimum absolute atomic E-state index is 0.606. The van der Waals surface area contributed by atoms with Crippen molar-refractivity contribution in [2.24, 2.45) is 0 Å². The van der Waals surface area contributed by atoms with E-state index in [0.29, 0.717) is 6.61 Å². The number of hydrogen-bond donors (Lipinski definition) is 0. The summed E-state index contributed by atoms with van der Waals surface area (Å²) in [6.07, 6.45) is 1.70. The molecule has 3 rings (SSSR count). The maximum absolute atomic E-state index is 5.95. The monoisotopic (exact) mass is 355 g/mol.